The zero-order valence-electron chi connectivity index (χ0n) is 19.0. The first-order chi connectivity index (χ1) is 16.9. The summed E-state index contributed by atoms with van der Waals surface area (Å²) in [5.41, 5.74) is 2.21. The number of nitrogens with zero attached hydrogens (tertiary/aromatic N) is 3. The van der Waals surface area contributed by atoms with E-state index in [1.165, 1.54) is 0 Å². The molecule has 0 bridgehead atoms. The lowest BCUT2D eigenvalue weighted by Crippen LogP contribution is -2.38. The molecule has 0 radical (unpaired) electrons. The molecule has 8 nitrogen and oxygen atoms in total. The van der Waals surface area contributed by atoms with Gasteiger partial charge in [-0.05, 0) is 49.9 Å². The first-order valence-electron chi connectivity index (χ1n) is 11.3. The lowest BCUT2D eigenvalue weighted by Gasteiger charge is -2.27. The van der Waals surface area contributed by atoms with Crippen LogP contribution in [0.3, 0.4) is 0 Å². The van der Waals surface area contributed by atoms with E-state index in [0.29, 0.717) is 18.9 Å². The maximum atomic E-state index is 13.7. The van der Waals surface area contributed by atoms with Crippen LogP contribution in [0, 0.1) is 23.4 Å². The van der Waals surface area contributed by atoms with E-state index in [9.17, 15) is 22.8 Å². The normalized spacial score (nSPS) is 17.6. The smallest absolute Gasteiger partial charge is 0.243 e. The second kappa shape index (κ2) is 10.6. The minimum absolute atomic E-state index is 0.118. The van der Waals surface area contributed by atoms with Gasteiger partial charge >= 0.3 is 0 Å². The van der Waals surface area contributed by atoms with Crippen molar-refractivity contribution < 1.29 is 22.8 Å². The molecule has 0 atom stereocenters. The fraction of sp³-hybridized carbons (Fsp3) is 0.333. The third-order valence-electron chi connectivity index (χ3n) is 6.13. The number of aromatic nitrogens is 3. The quantitative estimate of drug-likeness (QED) is 0.440. The average Bonchev–Trinajstić information content (AvgIpc) is 3.38. The number of anilines is 2. The van der Waals surface area contributed by atoms with E-state index in [4.69, 9.17) is 0 Å². The predicted molar refractivity (Wildman–Crippen MR) is 124 cm³/mol. The molecule has 1 saturated carbocycles. The van der Waals surface area contributed by atoms with E-state index in [-0.39, 0.29) is 17.9 Å². The van der Waals surface area contributed by atoms with Gasteiger partial charge in [0.15, 0.2) is 17.5 Å². The minimum Gasteiger partial charge on any atom is -0.388 e. The van der Waals surface area contributed by atoms with Crippen LogP contribution >= 0.6 is 0 Å². The monoisotopic (exact) mass is 486 g/mol. The summed E-state index contributed by atoms with van der Waals surface area (Å²) < 4.78 is 41.8. The Morgan fingerprint density at radius 2 is 1.83 bits per heavy atom. The van der Waals surface area contributed by atoms with Crippen LogP contribution in [0.2, 0.25) is 0 Å². The third-order valence-corrected chi connectivity index (χ3v) is 6.13. The summed E-state index contributed by atoms with van der Waals surface area (Å²) in [4.78, 5) is 24.5. The van der Waals surface area contributed by atoms with Crippen LogP contribution in [0.5, 0.6) is 0 Å². The van der Waals surface area contributed by atoms with Crippen LogP contribution in [0.1, 0.15) is 31.7 Å². The molecule has 11 heteroatoms. The van der Waals surface area contributed by atoms with Crippen LogP contribution < -0.4 is 16.0 Å². The van der Waals surface area contributed by atoms with Gasteiger partial charge in [-0.3, -0.25) is 9.59 Å². The number of carbonyl (C=O) groups is 2. The van der Waals surface area contributed by atoms with Gasteiger partial charge in [0.1, 0.15) is 5.69 Å². The molecule has 1 fully saturated rings. The van der Waals surface area contributed by atoms with Crippen molar-refractivity contribution in [1.29, 1.82) is 0 Å². The highest BCUT2D eigenvalue weighted by Crippen LogP contribution is 2.32. The van der Waals surface area contributed by atoms with Crippen LogP contribution in [0.15, 0.2) is 42.6 Å². The number of rotatable bonds is 7. The molecular weight excluding hydrogens is 461 g/mol. The number of carbonyl (C=O) groups excluding carboxylic acids is 2. The van der Waals surface area contributed by atoms with Gasteiger partial charge in [0, 0.05) is 24.2 Å². The number of hydrogen-bond donors (Lipinski definition) is 3. The zero-order valence-corrected chi connectivity index (χ0v) is 19.0. The summed E-state index contributed by atoms with van der Waals surface area (Å²) in [6, 6.07) is 9.61. The number of benzene rings is 2. The number of halogens is 3. The summed E-state index contributed by atoms with van der Waals surface area (Å²) in [6.45, 7) is -0.407. The van der Waals surface area contributed by atoms with Gasteiger partial charge in [-0.25, -0.2) is 17.9 Å². The molecular formula is C24H25F3N6O2. The zero-order chi connectivity index (χ0) is 24.9. The molecule has 2 amide bonds. The van der Waals surface area contributed by atoms with Crippen molar-refractivity contribution in [3.8, 4) is 11.3 Å². The second-order valence-electron chi connectivity index (χ2n) is 8.41. The van der Waals surface area contributed by atoms with Crippen LogP contribution in [-0.2, 0) is 9.59 Å². The van der Waals surface area contributed by atoms with Crippen molar-refractivity contribution in [3.05, 3.63) is 60.0 Å². The molecule has 0 saturated heterocycles. The number of nitrogens with one attached hydrogen (secondary N) is 3. The Bertz CT molecular complexity index is 1220. The van der Waals surface area contributed by atoms with Crippen molar-refractivity contribution in [2.24, 2.45) is 5.92 Å². The Balaban J connectivity index is 1.26. The molecule has 4 rings (SSSR count). The predicted octanol–water partition coefficient (Wildman–Crippen LogP) is 3.89. The number of hydrogen-bond acceptors (Lipinski definition) is 5. The molecule has 1 aliphatic carbocycles. The van der Waals surface area contributed by atoms with Gasteiger partial charge < -0.3 is 16.0 Å². The molecule has 0 aliphatic heterocycles. The SMILES string of the molecule is CNc1cccc(-c2cn(C3CCC(C(=O)NCC(=O)Nc4ccc(F)c(F)c4F)CC3)nn2)c1. The Hall–Kier alpha value is -3.89. The molecule has 35 heavy (non-hydrogen) atoms. The van der Waals surface area contributed by atoms with Crippen molar-refractivity contribution in [2.75, 3.05) is 24.2 Å². The largest absolute Gasteiger partial charge is 0.388 e. The lowest BCUT2D eigenvalue weighted by atomic mass is 9.85. The molecule has 184 valence electrons. The maximum Gasteiger partial charge on any atom is 0.243 e. The highest BCUT2D eigenvalue weighted by molar-refractivity contribution is 5.94. The molecule has 3 aromatic rings. The third kappa shape index (κ3) is 5.61. The van der Waals surface area contributed by atoms with Gasteiger partial charge in [-0.1, -0.05) is 17.3 Å². The Morgan fingerprint density at radius 1 is 1.06 bits per heavy atom. The fourth-order valence-corrected chi connectivity index (χ4v) is 4.15. The first kappa shape index (κ1) is 24.2. The Kier molecular flexibility index (Phi) is 7.33. The molecule has 2 aromatic carbocycles. The van der Waals surface area contributed by atoms with Crippen molar-refractivity contribution in [1.82, 2.24) is 20.3 Å². The molecule has 1 aliphatic rings. The Labute approximate surface area is 199 Å². The Morgan fingerprint density at radius 3 is 2.57 bits per heavy atom. The second-order valence-corrected chi connectivity index (χ2v) is 8.41. The van der Waals surface area contributed by atoms with Gasteiger partial charge in [-0.15, -0.1) is 5.10 Å². The maximum absolute atomic E-state index is 13.7. The van der Waals surface area contributed by atoms with E-state index < -0.39 is 35.6 Å². The molecule has 1 aromatic heterocycles. The molecule has 3 N–H and O–H groups in total. The van der Waals surface area contributed by atoms with Crippen LogP contribution in [0.25, 0.3) is 11.3 Å². The lowest BCUT2D eigenvalue weighted by molar-refractivity contribution is -0.128. The fourth-order valence-electron chi connectivity index (χ4n) is 4.15. The standard InChI is InChI=1S/C24H25F3N6O2/c1-28-16-4-2-3-15(11-16)20-13-33(32-31-20)17-7-5-14(6-8-17)24(35)29-12-21(34)30-19-10-9-18(25)22(26)23(19)27/h2-4,9-11,13-14,17,28H,5-8,12H2,1H3,(H,29,35)(H,30,34). The van der Waals surface area contributed by atoms with Crippen molar-refractivity contribution in [2.45, 2.75) is 31.7 Å². The molecule has 0 spiro atoms. The van der Waals surface area contributed by atoms with E-state index in [1.807, 2.05) is 42.2 Å². The molecule has 1 heterocycles. The molecule has 0 unspecified atom stereocenters. The van der Waals surface area contributed by atoms with E-state index >= 15 is 0 Å². The first-order valence-corrected chi connectivity index (χ1v) is 11.3. The number of amides is 2. The summed E-state index contributed by atoms with van der Waals surface area (Å²) in [6.07, 6.45) is 4.58. The minimum atomic E-state index is -1.67. The van der Waals surface area contributed by atoms with Crippen LogP contribution in [-0.4, -0.2) is 40.4 Å². The summed E-state index contributed by atoms with van der Waals surface area (Å²) in [5.74, 6) is -5.81. The van der Waals surface area contributed by atoms with Crippen LogP contribution in [0.4, 0.5) is 24.5 Å². The van der Waals surface area contributed by atoms with Gasteiger partial charge in [-0.2, -0.15) is 0 Å². The summed E-state index contributed by atoms with van der Waals surface area (Å²) in [5, 5.41) is 16.3. The summed E-state index contributed by atoms with van der Waals surface area (Å²) in [7, 11) is 1.85. The average molecular weight is 486 g/mol. The van der Waals surface area contributed by atoms with E-state index in [2.05, 4.69) is 26.3 Å². The van der Waals surface area contributed by atoms with E-state index in [0.717, 1.165) is 35.9 Å². The highest BCUT2D eigenvalue weighted by Gasteiger charge is 2.28. The summed E-state index contributed by atoms with van der Waals surface area (Å²) >= 11 is 0. The van der Waals surface area contributed by atoms with Crippen molar-refractivity contribution in [3.63, 3.8) is 0 Å². The topological polar surface area (TPSA) is 101 Å². The van der Waals surface area contributed by atoms with Gasteiger partial charge in [0.2, 0.25) is 11.8 Å². The van der Waals surface area contributed by atoms with Gasteiger partial charge in [0.25, 0.3) is 0 Å². The highest BCUT2D eigenvalue weighted by atomic mass is 19.2. The van der Waals surface area contributed by atoms with E-state index in [1.54, 1.807) is 0 Å². The van der Waals surface area contributed by atoms with Crippen molar-refractivity contribution >= 4 is 23.2 Å². The van der Waals surface area contributed by atoms with Gasteiger partial charge in [0.05, 0.1) is 24.5 Å².